The highest BCUT2D eigenvalue weighted by Gasteiger charge is 2.08. The van der Waals surface area contributed by atoms with Gasteiger partial charge in [0.2, 0.25) is 0 Å². The topological polar surface area (TPSA) is 44.8 Å². The maximum atomic E-state index is 10.9. The third kappa shape index (κ3) is 7.31. The van der Waals surface area contributed by atoms with E-state index in [-0.39, 0.29) is 6.10 Å². The highest BCUT2D eigenvalue weighted by atomic mass is 79.9. The van der Waals surface area contributed by atoms with Crippen molar-refractivity contribution in [1.82, 2.24) is 0 Å². The van der Waals surface area contributed by atoms with Gasteiger partial charge in [-0.15, -0.1) is 0 Å². The smallest absolute Gasteiger partial charge is 0.333 e. The second-order valence-corrected chi connectivity index (χ2v) is 4.86. The average molecular weight is 343 g/mol. The largest absolute Gasteiger partial charge is 0.495 e. The Labute approximate surface area is 127 Å². The molecule has 0 radical (unpaired) electrons. The van der Waals surface area contributed by atoms with E-state index in [9.17, 15) is 4.79 Å². The standard InChI is InChI=1S/C15H19BrO4/c1-18-15(17)8-10-20-14(7-9-16)12-19-11-13-5-3-2-4-6-13/h2-6,8,10,14H,7,9,11-12H2,1H3/b10-8+. The number of hydrogen-bond donors (Lipinski definition) is 0. The summed E-state index contributed by atoms with van der Waals surface area (Å²) in [4.78, 5) is 10.9. The molecular weight excluding hydrogens is 324 g/mol. The highest BCUT2D eigenvalue weighted by Crippen LogP contribution is 2.06. The minimum atomic E-state index is -0.437. The van der Waals surface area contributed by atoms with Crippen LogP contribution in [0, 0.1) is 0 Å². The molecule has 1 atom stereocenters. The van der Waals surface area contributed by atoms with Crippen molar-refractivity contribution in [2.75, 3.05) is 19.0 Å². The first kappa shape index (κ1) is 16.7. The predicted molar refractivity (Wildman–Crippen MR) is 80.5 cm³/mol. The summed E-state index contributed by atoms with van der Waals surface area (Å²) >= 11 is 3.37. The zero-order chi connectivity index (χ0) is 14.6. The average Bonchev–Trinajstić information content (AvgIpc) is 2.48. The molecule has 1 aromatic rings. The van der Waals surface area contributed by atoms with E-state index in [4.69, 9.17) is 9.47 Å². The van der Waals surface area contributed by atoms with E-state index in [2.05, 4.69) is 20.7 Å². The van der Waals surface area contributed by atoms with Crippen LogP contribution >= 0.6 is 15.9 Å². The van der Waals surface area contributed by atoms with Crippen LogP contribution in [0.25, 0.3) is 0 Å². The summed E-state index contributed by atoms with van der Waals surface area (Å²) in [5, 5.41) is 0.804. The van der Waals surface area contributed by atoms with Gasteiger partial charge in [0.25, 0.3) is 0 Å². The number of hydrogen-bond acceptors (Lipinski definition) is 4. The van der Waals surface area contributed by atoms with Crippen molar-refractivity contribution in [3.8, 4) is 0 Å². The SMILES string of the molecule is COC(=O)/C=C/OC(CCBr)COCc1ccccc1. The molecule has 0 spiro atoms. The van der Waals surface area contributed by atoms with Gasteiger partial charge in [-0.25, -0.2) is 4.79 Å². The Bertz CT molecular complexity index is 406. The number of benzene rings is 1. The van der Waals surface area contributed by atoms with Crippen molar-refractivity contribution in [1.29, 1.82) is 0 Å². The van der Waals surface area contributed by atoms with Gasteiger partial charge in [0.1, 0.15) is 6.10 Å². The Morgan fingerprint density at radius 3 is 2.75 bits per heavy atom. The molecule has 0 fully saturated rings. The Balaban J connectivity index is 2.31. The van der Waals surface area contributed by atoms with E-state index in [1.54, 1.807) is 0 Å². The summed E-state index contributed by atoms with van der Waals surface area (Å²) in [7, 11) is 1.33. The molecule has 1 aromatic carbocycles. The number of carbonyl (C=O) groups excluding carboxylic acids is 1. The predicted octanol–water partition coefficient (Wildman–Crippen LogP) is 3.06. The summed E-state index contributed by atoms with van der Waals surface area (Å²) < 4.78 is 15.6. The van der Waals surface area contributed by atoms with Gasteiger partial charge in [0, 0.05) is 5.33 Å². The van der Waals surface area contributed by atoms with Crippen molar-refractivity contribution in [2.24, 2.45) is 0 Å². The first-order valence-corrected chi connectivity index (χ1v) is 7.46. The van der Waals surface area contributed by atoms with Crippen molar-refractivity contribution >= 4 is 21.9 Å². The lowest BCUT2D eigenvalue weighted by Crippen LogP contribution is -2.18. The highest BCUT2D eigenvalue weighted by molar-refractivity contribution is 9.09. The van der Waals surface area contributed by atoms with Gasteiger partial charge in [-0.1, -0.05) is 46.3 Å². The summed E-state index contributed by atoms with van der Waals surface area (Å²) in [6.45, 7) is 1.01. The second kappa shape index (κ2) is 10.5. The molecule has 0 saturated carbocycles. The molecule has 0 heterocycles. The first-order valence-electron chi connectivity index (χ1n) is 6.34. The third-order valence-electron chi connectivity index (χ3n) is 2.52. The van der Waals surface area contributed by atoms with E-state index in [1.165, 1.54) is 19.4 Å². The van der Waals surface area contributed by atoms with Crippen LogP contribution in [0.15, 0.2) is 42.7 Å². The number of methoxy groups -OCH3 is 1. The lowest BCUT2D eigenvalue weighted by molar-refractivity contribution is -0.135. The number of alkyl halides is 1. The molecule has 20 heavy (non-hydrogen) atoms. The summed E-state index contributed by atoms with van der Waals surface area (Å²) in [5.41, 5.74) is 1.12. The van der Waals surface area contributed by atoms with Crippen LogP contribution in [0.1, 0.15) is 12.0 Å². The normalized spacial score (nSPS) is 12.3. The van der Waals surface area contributed by atoms with Crippen LogP contribution in [-0.2, 0) is 25.6 Å². The van der Waals surface area contributed by atoms with Crippen LogP contribution < -0.4 is 0 Å². The first-order chi connectivity index (χ1) is 9.76. The van der Waals surface area contributed by atoms with Gasteiger partial charge < -0.3 is 14.2 Å². The van der Waals surface area contributed by atoms with Crippen molar-refractivity contribution in [3.63, 3.8) is 0 Å². The Morgan fingerprint density at radius 1 is 1.35 bits per heavy atom. The molecule has 110 valence electrons. The molecule has 0 aliphatic rings. The fourth-order valence-corrected chi connectivity index (χ4v) is 1.98. The van der Waals surface area contributed by atoms with Gasteiger partial charge in [-0.2, -0.15) is 0 Å². The fourth-order valence-electron chi connectivity index (χ4n) is 1.47. The maximum Gasteiger partial charge on any atom is 0.333 e. The molecule has 0 aromatic heterocycles. The molecule has 0 bridgehead atoms. The van der Waals surface area contributed by atoms with E-state index in [0.717, 1.165) is 17.3 Å². The van der Waals surface area contributed by atoms with Crippen LogP contribution in [0.2, 0.25) is 0 Å². The monoisotopic (exact) mass is 342 g/mol. The second-order valence-electron chi connectivity index (χ2n) is 4.06. The summed E-state index contributed by atoms with van der Waals surface area (Å²) in [6, 6.07) is 9.95. The summed E-state index contributed by atoms with van der Waals surface area (Å²) in [5.74, 6) is -0.437. The zero-order valence-electron chi connectivity index (χ0n) is 11.5. The minimum Gasteiger partial charge on any atom is -0.495 e. The molecule has 1 rings (SSSR count). The molecule has 1 unspecified atom stereocenters. The van der Waals surface area contributed by atoms with Crippen LogP contribution in [0.3, 0.4) is 0 Å². The molecule has 0 saturated heterocycles. The Kier molecular flexibility index (Phi) is 8.74. The van der Waals surface area contributed by atoms with Gasteiger partial charge in [-0.05, 0) is 12.0 Å². The van der Waals surface area contributed by atoms with Crippen LogP contribution in [-0.4, -0.2) is 31.1 Å². The zero-order valence-corrected chi connectivity index (χ0v) is 13.0. The van der Waals surface area contributed by atoms with Crippen molar-refractivity contribution < 1.29 is 19.0 Å². The van der Waals surface area contributed by atoms with Gasteiger partial charge in [-0.3, -0.25) is 0 Å². The van der Waals surface area contributed by atoms with E-state index < -0.39 is 5.97 Å². The fraction of sp³-hybridized carbons (Fsp3) is 0.400. The molecule has 0 aliphatic heterocycles. The molecule has 0 aliphatic carbocycles. The lowest BCUT2D eigenvalue weighted by Gasteiger charge is -2.15. The number of rotatable bonds is 9. The van der Waals surface area contributed by atoms with Gasteiger partial charge in [0.15, 0.2) is 0 Å². The van der Waals surface area contributed by atoms with Crippen molar-refractivity contribution in [2.45, 2.75) is 19.1 Å². The Hall–Kier alpha value is -1.33. The number of esters is 1. The maximum absolute atomic E-state index is 10.9. The van der Waals surface area contributed by atoms with E-state index in [0.29, 0.717) is 13.2 Å². The van der Waals surface area contributed by atoms with Crippen LogP contribution in [0.5, 0.6) is 0 Å². The third-order valence-corrected chi connectivity index (χ3v) is 2.98. The van der Waals surface area contributed by atoms with Crippen LogP contribution in [0.4, 0.5) is 0 Å². The lowest BCUT2D eigenvalue weighted by atomic mass is 10.2. The minimum absolute atomic E-state index is 0.0982. The number of carbonyl (C=O) groups is 1. The molecule has 0 amide bonds. The van der Waals surface area contributed by atoms with Crippen molar-refractivity contribution in [3.05, 3.63) is 48.2 Å². The van der Waals surface area contributed by atoms with Gasteiger partial charge >= 0.3 is 5.97 Å². The molecule has 0 N–H and O–H groups in total. The van der Waals surface area contributed by atoms with E-state index >= 15 is 0 Å². The van der Waals surface area contributed by atoms with Gasteiger partial charge in [0.05, 0.1) is 32.7 Å². The number of ether oxygens (including phenoxy) is 3. The molecule has 4 nitrogen and oxygen atoms in total. The molecular formula is C15H19BrO4. The number of halogens is 1. The summed E-state index contributed by atoms with van der Waals surface area (Å²) in [6.07, 6.45) is 3.29. The molecule has 5 heteroatoms. The quantitative estimate of drug-likeness (QED) is 0.299. The van der Waals surface area contributed by atoms with E-state index in [1.807, 2.05) is 30.3 Å². The Morgan fingerprint density at radius 2 is 2.10 bits per heavy atom.